The minimum absolute atomic E-state index is 0.291. The van der Waals surface area contributed by atoms with Gasteiger partial charge in [0.1, 0.15) is 0 Å². The van der Waals surface area contributed by atoms with Crippen molar-refractivity contribution in [3.8, 4) is 11.4 Å². The van der Waals surface area contributed by atoms with Gasteiger partial charge in [-0.25, -0.2) is 4.79 Å². The zero-order valence-electron chi connectivity index (χ0n) is 21.2. The molecule has 10 nitrogen and oxygen atoms in total. The molecule has 0 saturated carbocycles. The van der Waals surface area contributed by atoms with Gasteiger partial charge in [0, 0.05) is 30.0 Å². The van der Waals surface area contributed by atoms with Gasteiger partial charge in [0.2, 0.25) is 11.9 Å². The standard InChI is InChI=1S/C28H31N7O3/c1-2-19-3-7-21(8-4-19)29-28(36)30-22-9-5-20(6-10-22)25-31-26(34-13-15-37-16-14-34)33-27(32-25)35-23-11-12-24(35)18-38-17-23/h2-10,23-24H,1,11-18H2,(H2,29,30,36). The molecule has 2 N–H and O–H groups in total. The summed E-state index contributed by atoms with van der Waals surface area (Å²) in [6, 6.07) is 15.3. The first kappa shape index (κ1) is 24.3. The van der Waals surface area contributed by atoms with Crippen LogP contribution in [0.3, 0.4) is 0 Å². The maximum atomic E-state index is 12.5. The van der Waals surface area contributed by atoms with Crippen molar-refractivity contribution in [2.75, 3.05) is 60.0 Å². The lowest BCUT2D eigenvalue weighted by atomic mass is 10.2. The van der Waals surface area contributed by atoms with E-state index in [1.54, 1.807) is 6.08 Å². The van der Waals surface area contributed by atoms with Crippen molar-refractivity contribution >= 4 is 35.4 Å². The second kappa shape index (κ2) is 10.8. The number of hydrogen-bond acceptors (Lipinski definition) is 8. The van der Waals surface area contributed by atoms with E-state index in [-0.39, 0.29) is 6.03 Å². The van der Waals surface area contributed by atoms with Gasteiger partial charge < -0.3 is 29.9 Å². The molecule has 3 aliphatic heterocycles. The van der Waals surface area contributed by atoms with Crippen LogP contribution in [0.1, 0.15) is 18.4 Å². The number of fused-ring (bicyclic) bond motifs is 2. The molecular weight excluding hydrogens is 482 g/mol. The molecule has 3 aromatic rings. The first-order valence-electron chi connectivity index (χ1n) is 13.0. The third-order valence-electron chi connectivity index (χ3n) is 7.18. The van der Waals surface area contributed by atoms with E-state index >= 15 is 0 Å². The number of nitrogens with one attached hydrogen (secondary N) is 2. The maximum Gasteiger partial charge on any atom is 0.323 e. The highest BCUT2D eigenvalue weighted by Gasteiger charge is 2.39. The van der Waals surface area contributed by atoms with Crippen molar-refractivity contribution in [3.63, 3.8) is 0 Å². The summed E-state index contributed by atoms with van der Waals surface area (Å²) in [5.41, 5.74) is 3.22. The molecule has 2 atom stereocenters. The molecule has 6 rings (SSSR count). The highest BCUT2D eigenvalue weighted by Crippen LogP contribution is 2.34. The second-order valence-corrected chi connectivity index (χ2v) is 9.67. The number of carbonyl (C=O) groups excluding carboxylic acids is 1. The molecule has 3 saturated heterocycles. The van der Waals surface area contributed by atoms with Crippen LogP contribution in [0.2, 0.25) is 0 Å². The van der Waals surface area contributed by atoms with Crippen molar-refractivity contribution in [2.45, 2.75) is 24.9 Å². The van der Waals surface area contributed by atoms with Crippen LogP contribution >= 0.6 is 0 Å². The number of rotatable bonds is 6. The fraction of sp³-hybridized carbons (Fsp3) is 0.357. The number of morpholine rings is 2. The number of amides is 2. The summed E-state index contributed by atoms with van der Waals surface area (Å²) in [6.07, 6.45) is 3.93. The van der Waals surface area contributed by atoms with Gasteiger partial charge in [-0.05, 0) is 54.8 Å². The van der Waals surface area contributed by atoms with Crippen LogP contribution in [0, 0.1) is 0 Å². The quantitative estimate of drug-likeness (QED) is 0.509. The van der Waals surface area contributed by atoms with Crippen molar-refractivity contribution in [2.24, 2.45) is 0 Å². The molecule has 4 heterocycles. The lowest BCUT2D eigenvalue weighted by Gasteiger charge is -2.35. The number of carbonyl (C=O) groups is 1. The number of aromatic nitrogens is 3. The van der Waals surface area contributed by atoms with Crippen LogP contribution in [0.4, 0.5) is 28.1 Å². The third-order valence-corrected chi connectivity index (χ3v) is 7.18. The van der Waals surface area contributed by atoms with Gasteiger partial charge >= 0.3 is 6.03 Å². The maximum absolute atomic E-state index is 12.5. The number of urea groups is 1. The molecule has 0 spiro atoms. The van der Waals surface area contributed by atoms with E-state index in [4.69, 9.17) is 24.4 Å². The van der Waals surface area contributed by atoms with E-state index < -0.39 is 0 Å². The van der Waals surface area contributed by atoms with Gasteiger partial charge in [0.05, 0.1) is 38.5 Å². The molecule has 3 fully saturated rings. The molecular formula is C28H31N7O3. The second-order valence-electron chi connectivity index (χ2n) is 9.67. The summed E-state index contributed by atoms with van der Waals surface area (Å²) < 4.78 is 11.3. The lowest BCUT2D eigenvalue weighted by Crippen LogP contribution is -2.47. The van der Waals surface area contributed by atoms with E-state index in [1.807, 2.05) is 48.5 Å². The summed E-state index contributed by atoms with van der Waals surface area (Å²) in [4.78, 5) is 31.6. The first-order valence-corrected chi connectivity index (χ1v) is 13.0. The van der Waals surface area contributed by atoms with Gasteiger partial charge in [0.15, 0.2) is 5.82 Å². The number of hydrogen-bond donors (Lipinski definition) is 2. The zero-order valence-corrected chi connectivity index (χ0v) is 21.2. The van der Waals surface area contributed by atoms with Crippen LogP contribution in [-0.4, -0.2) is 72.6 Å². The van der Waals surface area contributed by atoms with Gasteiger partial charge in [0.25, 0.3) is 0 Å². The summed E-state index contributed by atoms with van der Waals surface area (Å²) in [5, 5.41) is 5.72. The number of ether oxygens (including phenoxy) is 2. The van der Waals surface area contributed by atoms with Crippen LogP contribution in [0.15, 0.2) is 55.1 Å². The molecule has 3 aliphatic rings. The monoisotopic (exact) mass is 513 g/mol. The van der Waals surface area contributed by atoms with E-state index in [9.17, 15) is 4.79 Å². The Bertz CT molecular complexity index is 1280. The number of anilines is 4. The largest absolute Gasteiger partial charge is 0.378 e. The number of benzene rings is 2. The highest BCUT2D eigenvalue weighted by atomic mass is 16.5. The van der Waals surface area contributed by atoms with Crippen LogP contribution < -0.4 is 20.4 Å². The van der Waals surface area contributed by atoms with Crippen LogP contribution in [0.5, 0.6) is 0 Å². The zero-order chi connectivity index (χ0) is 25.9. The molecule has 2 amide bonds. The molecule has 196 valence electrons. The fourth-order valence-electron chi connectivity index (χ4n) is 5.16. The predicted molar refractivity (Wildman–Crippen MR) is 148 cm³/mol. The van der Waals surface area contributed by atoms with Crippen LogP contribution in [-0.2, 0) is 9.47 Å². The van der Waals surface area contributed by atoms with Gasteiger partial charge in [-0.2, -0.15) is 15.0 Å². The Morgan fingerprint density at radius 1 is 0.842 bits per heavy atom. The van der Waals surface area contributed by atoms with Gasteiger partial charge in [-0.15, -0.1) is 0 Å². The van der Waals surface area contributed by atoms with Crippen molar-refractivity contribution in [3.05, 3.63) is 60.7 Å². The molecule has 0 radical (unpaired) electrons. The predicted octanol–water partition coefficient (Wildman–Crippen LogP) is 4.03. The first-order chi connectivity index (χ1) is 18.7. The molecule has 2 unspecified atom stereocenters. The summed E-state index contributed by atoms with van der Waals surface area (Å²) in [7, 11) is 0. The topological polar surface area (TPSA) is 105 Å². The van der Waals surface area contributed by atoms with Crippen LogP contribution in [0.25, 0.3) is 17.5 Å². The third kappa shape index (κ3) is 5.18. The Hall–Kier alpha value is -4.02. The molecule has 0 aliphatic carbocycles. The van der Waals surface area contributed by atoms with E-state index in [0.717, 1.165) is 37.1 Å². The Balaban J connectivity index is 1.22. The number of nitrogens with zero attached hydrogens (tertiary/aromatic N) is 5. The smallest absolute Gasteiger partial charge is 0.323 e. The minimum Gasteiger partial charge on any atom is -0.378 e. The Morgan fingerprint density at radius 2 is 1.45 bits per heavy atom. The SMILES string of the molecule is C=Cc1ccc(NC(=O)Nc2ccc(-c3nc(N4CCOCC4)nc(N4C5CCC4COC5)n3)cc2)cc1. The van der Waals surface area contributed by atoms with Gasteiger partial charge in [-0.3, -0.25) is 0 Å². The fourth-order valence-corrected chi connectivity index (χ4v) is 5.16. The Morgan fingerprint density at radius 3 is 2.08 bits per heavy atom. The van der Waals surface area contributed by atoms with Crippen molar-refractivity contribution in [1.29, 1.82) is 0 Å². The molecule has 2 bridgehead atoms. The Kier molecular flexibility index (Phi) is 6.89. The molecule has 2 aromatic carbocycles. The summed E-state index contributed by atoms with van der Waals surface area (Å²) >= 11 is 0. The van der Waals surface area contributed by atoms with Crippen molar-refractivity contribution < 1.29 is 14.3 Å². The van der Waals surface area contributed by atoms with E-state index in [0.29, 0.717) is 67.6 Å². The van der Waals surface area contributed by atoms with Gasteiger partial charge in [-0.1, -0.05) is 24.8 Å². The minimum atomic E-state index is -0.316. The average Bonchev–Trinajstić information content (AvgIpc) is 3.22. The normalized spacial score (nSPS) is 20.7. The average molecular weight is 514 g/mol. The summed E-state index contributed by atoms with van der Waals surface area (Å²) in [6.45, 7) is 7.94. The highest BCUT2D eigenvalue weighted by molar-refractivity contribution is 5.99. The van der Waals surface area contributed by atoms with Crippen molar-refractivity contribution in [1.82, 2.24) is 15.0 Å². The lowest BCUT2D eigenvalue weighted by molar-refractivity contribution is 0.0897. The molecule has 38 heavy (non-hydrogen) atoms. The van der Waals surface area contributed by atoms with E-state index in [1.165, 1.54) is 0 Å². The summed E-state index contributed by atoms with van der Waals surface area (Å²) in [5.74, 6) is 1.99. The molecule has 1 aromatic heterocycles. The molecule has 10 heteroatoms. The Labute approximate surface area is 221 Å². The van der Waals surface area contributed by atoms with E-state index in [2.05, 4.69) is 27.0 Å².